The number of aromatic nitrogens is 2. The molecule has 30 heavy (non-hydrogen) atoms. The van der Waals surface area contributed by atoms with Gasteiger partial charge in [-0.05, 0) is 43.5 Å². The summed E-state index contributed by atoms with van der Waals surface area (Å²) in [7, 11) is -3.80. The minimum atomic E-state index is -3.80. The van der Waals surface area contributed by atoms with Crippen LogP contribution in [0.1, 0.15) is 48.4 Å². The first kappa shape index (κ1) is 20.3. The molecule has 0 bridgehead atoms. The Morgan fingerprint density at radius 1 is 1.17 bits per heavy atom. The number of imidazole rings is 1. The number of hydrogen-bond acceptors (Lipinski definition) is 4. The second-order valence-corrected chi connectivity index (χ2v) is 9.45. The molecule has 2 heterocycles. The second-order valence-electron chi connectivity index (χ2n) is 7.64. The number of ketones is 1. The van der Waals surface area contributed by atoms with Crippen molar-refractivity contribution in [1.82, 2.24) is 9.55 Å². The Bertz CT molecular complexity index is 1180. The average Bonchev–Trinajstić information content (AvgIpc) is 3.35. The van der Waals surface area contributed by atoms with Gasteiger partial charge < -0.3 is 4.57 Å². The van der Waals surface area contributed by atoms with Gasteiger partial charge in [0.1, 0.15) is 0 Å². The summed E-state index contributed by atoms with van der Waals surface area (Å²) in [6, 6.07) is 13.6. The van der Waals surface area contributed by atoms with Crippen LogP contribution in [0.3, 0.4) is 0 Å². The van der Waals surface area contributed by atoms with Gasteiger partial charge in [-0.2, -0.15) is 0 Å². The minimum absolute atomic E-state index is 0.114. The molecule has 7 heteroatoms. The number of hydrogen-bond donors (Lipinski definition) is 0. The molecule has 0 fully saturated rings. The van der Waals surface area contributed by atoms with Crippen LogP contribution >= 0.6 is 0 Å². The van der Waals surface area contributed by atoms with Crippen molar-refractivity contribution < 1.29 is 13.2 Å². The molecule has 4 rings (SSSR count). The van der Waals surface area contributed by atoms with E-state index in [9.17, 15) is 13.2 Å². The summed E-state index contributed by atoms with van der Waals surface area (Å²) in [5.41, 5.74) is 2.04. The molecule has 0 saturated heterocycles. The Labute approximate surface area is 177 Å². The summed E-state index contributed by atoms with van der Waals surface area (Å²) < 4.78 is 30.2. The van der Waals surface area contributed by atoms with Gasteiger partial charge in [0, 0.05) is 30.5 Å². The van der Waals surface area contributed by atoms with Crippen LogP contribution in [-0.2, 0) is 23.0 Å². The van der Waals surface area contributed by atoms with Crippen LogP contribution in [0.2, 0.25) is 0 Å². The number of anilines is 1. The summed E-state index contributed by atoms with van der Waals surface area (Å²) in [4.78, 5) is 17.4. The number of nitrogens with zero attached hydrogens (tertiary/aromatic N) is 3. The number of benzene rings is 2. The minimum Gasteiger partial charge on any atom is -0.328 e. The van der Waals surface area contributed by atoms with Gasteiger partial charge in [0.05, 0.1) is 10.6 Å². The van der Waals surface area contributed by atoms with Gasteiger partial charge in [-0.25, -0.2) is 13.4 Å². The molecule has 0 unspecified atom stereocenters. The van der Waals surface area contributed by atoms with E-state index < -0.39 is 10.0 Å². The highest BCUT2D eigenvalue weighted by molar-refractivity contribution is 7.92. The first-order valence-electron chi connectivity index (χ1n) is 10.2. The standard InChI is InChI=1S/C23H25N3O3S/c1-3-4-13-25-14-12-24-23(25)22(27)19-9-7-10-20(16-19)30(28,29)26-17(2)15-18-8-5-6-11-21(18)26/h5-12,14,16-17H,3-4,13,15H2,1-2H3/t17-/m0/s1. The van der Waals surface area contributed by atoms with E-state index in [1.165, 1.54) is 10.4 Å². The molecular weight excluding hydrogens is 398 g/mol. The molecule has 3 aromatic rings. The highest BCUT2D eigenvalue weighted by atomic mass is 32.2. The SMILES string of the molecule is CCCCn1ccnc1C(=O)c1cccc(S(=O)(=O)N2c3ccccc3C[C@@H]2C)c1. The fraction of sp³-hybridized carbons (Fsp3) is 0.304. The maximum atomic E-state index is 13.5. The summed E-state index contributed by atoms with van der Waals surface area (Å²) in [6.07, 6.45) is 6.01. The number of para-hydroxylation sites is 1. The molecule has 6 nitrogen and oxygen atoms in total. The van der Waals surface area contributed by atoms with Crippen molar-refractivity contribution in [2.24, 2.45) is 0 Å². The molecule has 0 spiro atoms. The smallest absolute Gasteiger partial charge is 0.264 e. The van der Waals surface area contributed by atoms with Gasteiger partial charge in [-0.15, -0.1) is 0 Å². The zero-order chi connectivity index (χ0) is 21.3. The summed E-state index contributed by atoms with van der Waals surface area (Å²) in [5, 5.41) is 0. The highest BCUT2D eigenvalue weighted by Gasteiger charge is 2.36. The Kier molecular flexibility index (Phi) is 5.47. The van der Waals surface area contributed by atoms with E-state index in [1.807, 2.05) is 35.8 Å². The van der Waals surface area contributed by atoms with Crippen molar-refractivity contribution >= 4 is 21.5 Å². The third kappa shape index (κ3) is 3.54. The van der Waals surface area contributed by atoms with Crippen LogP contribution in [-0.4, -0.2) is 29.8 Å². The van der Waals surface area contributed by atoms with Crippen LogP contribution < -0.4 is 4.31 Å². The van der Waals surface area contributed by atoms with Gasteiger partial charge in [-0.1, -0.05) is 43.7 Å². The maximum Gasteiger partial charge on any atom is 0.264 e. The van der Waals surface area contributed by atoms with Crippen LogP contribution in [0.25, 0.3) is 0 Å². The quantitative estimate of drug-likeness (QED) is 0.538. The summed E-state index contributed by atoms with van der Waals surface area (Å²) >= 11 is 0. The van der Waals surface area contributed by atoms with Crippen LogP contribution in [0.15, 0.2) is 65.8 Å². The summed E-state index contributed by atoms with van der Waals surface area (Å²) in [6.45, 7) is 4.69. The third-order valence-corrected chi connectivity index (χ3v) is 7.39. The lowest BCUT2D eigenvalue weighted by Crippen LogP contribution is -2.35. The number of carbonyl (C=O) groups is 1. The number of unbranched alkanes of at least 4 members (excludes halogenated alkanes) is 1. The second kappa shape index (κ2) is 8.07. The molecule has 156 valence electrons. The highest BCUT2D eigenvalue weighted by Crippen LogP contribution is 2.36. The Morgan fingerprint density at radius 3 is 2.77 bits per heavy atom. The van der Waals surface area contributed by atoms with Crippen molar-refractivity contribution in [3.8, 4) is 0 Å². The first-order chi connectivity index (χ1) is 14.4. The predicted molar refractivity (Wildman–Crippen MR) is 116 cm³/mol. The van der Waals surface area contributed by atoms with Crippen molar-refractivity contribution in [2.45, 2.75) is 50.6 Å². The van der Waals surface area contributed by atoms with Crippen LogP contribution in [0, 0.1) is 0 Å². The molecular formula is C23H25N3O3S. The zero-order valence-corrected chi connectivity index (χ0v) is 18.0. The van der Waals surface area contributed by atoms with E-state index in [0.717, 1.165) is 18.4 Å². The van der Waals surface area contributed by atoms with Crippen molar-refractivity contribution in [1.29, 1.82) is 0 Å². The largest absolute Gasteiger partial charge is 0.328 e. The molecule has 2 aromatic carbocycles. The number of fused-ring (bicyclic) bond motifs is 1. The van der Waals surface area contributed by atoms with Crippen LogP contribution in [0.5, 0.6) is 0 Å². The normalized spacial score (nSPS) is 15.9. The van der Waals surface area contributed by atoms with Gasteiger partial charge in [-0.3, -0.25) is 9.10 Å². The van der Waals surface area contributed by atoms with Gasteiger partial charge in [0.2, 0.25) is 5.78 Å². The van der Waals surface area contributed by atoms with Gasteiger partial charge >= 0.3 is 0 Å². The van der Waals surface area contributed by atoms with E-state index >= 15 is 0 Å². The van der Waals surface area contributed by atoms with E-state index in [1.54, 1.807) is 30.6 Å². The molecule has 1 aliphatic rings. The van der Waals surface area contributed by atoms with Crippen molar-refractivity contribution in [2.75, 3.05) is 4.31 Å². The zero-order valence-electron chi connectivity index (χ0n) is 17.2. The Hall–Kier alpha value is -2.93. The fourth-order valence-corrected chi connectivity index (χ4v) is 5.71. The maximum absolute atomic E-state index is 13.5. The van der Waals surface area contributed by atoms with E-state index in [4.69, 9.17) is 0 Å². The fourth-order valence-electron chi connectivity index (χ4n) is 3.97. The van der Waals surface area contributed by atoms with Crippen LogP contribution in [0.4, 0.5) is 5.69 Å². The lowest BCUT2D eigenvalue weighted by molar-refractivity contribution is 0.102. The Balaban J connectivity index is 1.69. The molecule has 0 radical (unpaired) electrons. The van der Waals surface area contributed by atoms with E-state index in [2.05, 4.69) is 11.9 Å². The van der Waals surface area contributed by atoms with Crippen molar-refractivity contribution in [3.05, 3.63) is 77.9 Å². The van der Waals surface area contributed by atoms with E-state index in [0.29, 0.717) is 30.0 Å². The molecule has 0 amide bonds. The molecule has 1 aliphatic heterocycles. The number of carbonyl (C=O) groups excluding carboxylic acids is 1. The average molecular weight is 424 g/mol. The molecule has 1 aromatic heterocycles. The summed E-state index contributed by atoms with van der Waals surface area (Å²) in [5.74, 6) is 0.0564. The predicted octanol–water partition coefficient (Wildman–Crippen LogP) is 4.05. The van der Waals surface area contributed by atoms with Gasteiger partial charge in [0.25, 0.3) is 10.0 Å². The van der Waals surface area contributed by atoms with E-state index in [-0.39, 0.29) is 16.7 Å². The number of aryl methyl sites for hydroxylation is 1. The first-order valence-corrected chi connectivity index (χ1v) is 11.7. The number of rotatable bonds is 7. The monoisotopic (exact) mass is 423 g/mol. The lowest BCUT2D eigenvalue weighted by atomic mass is 10.1. The third-order valence-electron chi connectivity index (χ3n) is 5.47. The molecule has 0 aliphatic carbocycles. The molecule has 1 atom stereocenters. The van der Waals surface area contributed by atoms with Crippen molar-refractivity contribution in [3.63, 3.8) is 0 Å². The van der Waals surface area contributed by atoms with Gasteiger partial charge in [0.15, 0.2) is 5.82 Å². The lowest BCUT2D eigenvalue weighted by Gasteiger charge is -2.24. The number of sulfonamides is 1. The topological polar surface area (TPSA) is 72.3 Å². The molecule has 0 N–H and O–H groups in total. The molecule has 0 saturated carbocycles. The Morgan fingerprint density at radius 2 is 1.97 bits per heavy atom.